The predicted molar refractivity (Wildman–Crippen MR) is 76.3 cm³/mol. The van der Waals surface area contributed by atoms with Crippen molar-refractivity contribution in [1.29, 1.82) is 0 Å². The minimum absolute atomic E-state index is 0.248. The number of benzene rings is 1. The van der Waals surface area contributed by atoms with Gasteiger partial charge in [-0.2, -0.15) is 0 Å². The van der Waals surface area contributed by atoms with Crippen LogP contribution in [-0.4, -0.2) is 25.3 Å². The molecule has 1 aliphatic rings. The highest BCUT2D eigenvalue weighted by Crippen LogP contribution is 2.33. The van der Waals surface area contributed by atoms with E-state index in [2.05, 4.69) is 40.7 Å². The molecule has 17 heavy (non-hydrogen) atoms. The largest absolute Gasteiger partial charge is 0.372 e. The Morgan fingerprint density at radius 3 is 2.59 bits per heavy atom. The van der Waals surface area contributed by atoms with E-state index in [-0.39, 0.29) is 12.2 Å². The third kappa shape index (κ3) is 2.95. The van der Waals surface area contributed by atoms with Gasteiger partial charge in [0.15, 0.2) is 0 Å². The van der Waals surface area contributed by atoms with Gasteiger partial charge in [0, 0.05) is 18.4 Å². The van der Waals surface area contributed by atoms with Crippen molar-refractivity contribution < 1.29 is 4.74 Å². The number of halogens is 2. The number of alkyl halides is 1. The number of rotatable bonds is 2. The summed E-state index contributed by atoms with van der Waals surface area (Å²) in [5.74, 6) is 0. The Balaban J connectivity index is 2.32. The SMILES string of the molecule is C[C@@H]1CN(c2c(Cl)cccc2CBr)C[C@H](C)O1. The summed E-state index contributed by atoms with van der Waals surface area (Å²) in [6.45, 7) is 6.00. The third-order valence-electron chi connectivity index (χ3n) is 2.95. The predicted octanol–water partition coefficient (Wildman–Crippen LogP) is 3.85. The molecule has 0 aliphatic carbocycles. The van der Waals surface area contributed by atoms with Crippen LogP contribution >= 0.6 is 27.5 Å². The zero-order chi connectivity index (χ0) is 12.4. The second-order valence-electron chi connectivity index (χ2n) is 4.54. The molecule has 2 atom stereocenters. The molecule has 0 amide bonds. The molecule has 1 aromatic rings. The van der Waals surface area contributed by atoms with Gasteiger partial charge in [-0.1, -0.05) is 39.7 Å². The Bertz CT molecular complexity index is 389. The number of morpholine rings is 1. The fourth-order valence-electron chi connectivity index (χ4n) is 2.38. The zero-order valence-corrected chi connectivity index (χ0v) is 12.5. The average molecular weight is 319 g/mol. The van der Waals surface area contributed by atoms with Gasteiger partial charge >= 0.3 is 0 Å². The van der Waals surface area contributed by atoms with Crippen molar-refractivity contribution >= 4 is 33.2 Å². The van der Waals surface area contributed by atoms with Crippen molar-refractivity contribution in [3.8, 4) is 0 Å². The molecule has 1 aromatic carbocycles. The molecule has 0 saturated carbocycles. The monoisotopic (exact) mass is 317 g/mol. The van der Waals surface area contributed by atoms with Crippen molar-refractivity contribution in [1.82, 2.24) is 0 Å². The second kappa shape index (κ2) is 5.59. The molecule has 2 rings (SSSR count). The summed E-state index contributed by atoms with van der Waals surface area (Å²) in [4.78, 5) is 2.33. The highest BCUT2D eigenvalue weighted by atomic mass is 79.9. The van der Waals surface area contributed by atoms with Gasteiger partial charge in [0.05, 0.1) is 22.9 Å². The molecular weight excluding hydrogens is 302 g/mol. The van der Waals surface area contributed by atoms with E-state index in [9.17, 15) is 0 Å². The summed E-state index contributed by atoms with van der Waals surface area (Å²) in [5.41, 5.74) is 2.38. The van der Waals surface area contributed by atoms with Gasteiger partial charge in [0.25, 0.3) is 0 Å². The van der Waals surface area contributed by atoms with Crippen LogP contribution in [0.2, 0.25) is 5.02 Å². The Hall–Kier alpha value is -0.250. The lowest BCUT2D eigenvalue weighted by atomic mass is 10.1. The van der Waals surface area contributed by atoms with Crippen molar-refractivity contribution in [3.05, 3.63) is 28.8 Å². The number of ether oxygens (including phenoxy) is 1. The Morgan fingerprint density at radius 2 is 2.00 bits per heavy atom. The number of hydrogen-bond donors (Lipinski definition) is 0. The van der Waals surface area contributed by atoms with E-state index >= 15 is 0 Å². The number of nitrogens with zero attached hydrogens (tertiary/aromatic N) is 1. The normalized spacial score (nSPS) is 25.1. The summed E-state index contributed by atoms with van der Waals surface area (Å²) in [5, 5.41) is 1.64. The molecule has 0 N–H and O–H groups in total. The lowest BCUT2D eigenvalue weighted by Crippen LogP contribution is -2.45. The first kappa shape index (κ1) is 13.2. The van der Waals surface area contributed by atoms with Crippen LogP contribution in [0.1, 0.15) is 19.4 Å². The fourth-order valence-corrected chi connectivity index (χ4v) is 3.15. The summed E-state index contributed by atoms with van der Waals surface area (Å²) >= 11 is 9.86. The smallest absolute Gasteiger partial charge is 0.0726 e. The second-order valence-corrected chi connectivity index (χ2v) is 5.51. The summed E-state index contributed by atoms with van der Waals surface area (Å²) in [6, 6.07) is 6.06. The molecule has 0 bridgehead atoms. The number of anilines is 1. The summed E-state index contributed by atoms with van der Waals surface area (Å²) < 4.78 is 5.75. The molecule has 0 unspecified atom stereocenters. The Kier molecular flexibility index (Phi) is 4.34. The van der Waals surface area contributed by atoms with Gasteiger partial charge in [-0.3, -0.25) is 0 Å². The van der Waals surface area contributed by atoms with Gasteiger partial charge in [0.1, 0.15) is 0 Å². The van der Waals surface area contributed by atoms with Gasteiger partial charge in [-0.15, -0.1) is 0 Å². The third-order valence-corrected chi connectivity index (χ3v) is 3.86. The fraction of sp³-hybridized carbons (Fsp3) is 0.538. The summed E-state index contributed by atoms with van der Waals surface area (Å²) in [6.07, 6.45) is 0.497. The maximum Gasteiger partial charge on any atom is 0.0726 e. The Morgan fingerprint density at radius 1 is 1.35 bits per heavy atom. The first-order chi connectivity index (χ1) is 8.11. The molecule has 0 spiro atoms. The van der Waals surface area contributed by atoms with Crippen LogP contribution in [-0.2, 0) is 10.1 Å². The van der Waals surface area contributed by atoms with Crippen LogP contribution in [0.3, 0.4) is 0 Å². The first-order valence-corrected chi connectivity index (χ1v) is 7.35. The lowest BCUT2D eigenvalue weighted by Gasteiger charge is -2.38. The lowest BCUT2D eigenvalue weighted by molar-refractivity contribution is -0.00524. The summed E-state index contributed by atoms with van der Waals surface area (Å²) in [7, 11) is 0. The number of para-hydroxylation sites is 1. The van der Waals surface area contributed by atoms with Gasteiger partial charge in [-0.05, 0) is 25.5 Å². The van der Waals surface area contributed by atoms with Crippen molar-refractivity contribution in [2.45, 2.75) is 31.4 Å². The molecule has 1 heterocycles. The van der Waals surface area contributed by atoms with Crippen LogP contribution in [0.4, 0.5) is 5.69 Å². The van der Waals surface area contributed by atoms with Gasteiger partial charge in [-0.25, -0.2) is 0 Å². The first-order valence-electron chi connectivity index (χ1n) is 5.85. The van der Waals surface area contributed by atoms with E-state index < -0.39 is 0 Å². The minimum atomic E-state index is 0.248. The molecule has 0 radical (unpaired) electrons. The van der Waals surface area contributed by atoms with Crippen LogP contribution < -0.4 is 4.90 Å². The number of hydrogen-bond acceptors (Lipinski definition) is 2. The van der Waals surface area contributed by atoms with Crippen molar-refractivity contribution in [3.63, 3.8) is 0 Å². The van der Waals surface area contributed by atoms with Gasteiger partial charge in [0.2, 0.25) is 0 Å². The molecule has 1 aliphatic heterocycles. The van der Waals surface area contributed by atoms with E-state index in [1.54, 1.807) is 0 Å². The topological polar surface area (TPSA) is 12.5 Å². The molecular formula is C13H17BrClNO. The van der Waals surface area contributed by atoms with E-state index in [1.165, 1.54) is 5.56 Å². The molecule has 1 fully saturated rings. The average Bonchev–Trinajstić information content (AvgIpc) is 2.27. The van der Waals surface area contributed by atoms with Crippen LogP contribution in [0.15, 0.2) is 18.2 Å². The van der Waals surface area contributed by atoms with E-state index in [4.69, 9.17) is 16.3 Å². The van der Waals surface area contributed by atoms with Crippen LogP contribution in [0.25, 0.3) is 0 Å². The van der Waals surface area contributed by atoms with E-state index in [0.29, 0.717) is 0 Å². The van der Waals surface area contributed by atoms with Crippen LogP contribution in [0.5, 0.6) is 0 Å². The molecule has 1 saturated heterocycles. The maximum atomic E-state index is 6.33. The van der Waals surface area contributed by atoms with Crippen molar-refractivity contribution in [2.24, 2.45) is 0 Å². The minimum Gasteiger partial charge on any atom is -0.372 e. The molecule has 4 heteroatoms. The molecule has 94 valence electrons. The standard InChI is InChI=1S/C13H17BrClNO/c1-9-7-16(8-10(2)17-9)13-11(6-14)4-3-5-12(13)15/h3-5,9-10H,6-8H2,1-2H3/t9-,10+. The van der Waals surface area contributed by atoms with E-state index in [1.807, 2.05) is 12.1 Å². The highest BCUT2D eigenvalue weighted by molar-refractivity contribution is 9.08. The highest BCUT2D eigenvalue weighted by Gasteiger charge is 2.25. The van der Waals surface area contributed by atoms with E-state index in [0.717, 1.165) is 29.1 Å². The maximum absolute atomic E-state index is 6.33. The molecule has 0 aromatic heterocycles. The molecule has 2 nitrogen and oxygen atoms in total. The quantitative estimate of drug-likeness (QED) is 0.768. The van der Waals surface area contributed by atoms with Crippen molar-refractivity contribution in [2.75, 3.05) is 18.0 Å². The Labute approximate surface area is 116 Å². The zero-order valence-electron chi connectivity index (χ0n) is 10.1. The van der Waals surface area contributed by atoms with Crippen LogP contribution in [0, 0.1) is 0 Å². The van der Waals surface area contributed by atoms with Gasteiger partial charge < -0.3 is 9.64 Å².